The van der Waals surface area contributed by atoms with Gasteiger partial charge in [0, 0.05) is 17.2 Å². The van der Waals surface area contributed by atoms with Crippen molar-refractivity contribution < 1.29 is 0 Å². The number of benzene rings is 3. The highest BCUT2D eigenvalue weighted by molar-refractivity contribution is 6.02. The fourth-order valence-electron chi connectivity index (χ4n) is 2.64. The Labute approximate surface area is 117 Å². The van der Waals surface area contributed by atoms with Crippen LogP contribution in [-0.4, -0.2) is 6.21 Å². The van der Waals surface area contributed by atoms with Crippen LogP contribution < -0.4 is 0 Å². The quantitative estimate of drug-likeness (QED) is 0.416. The minimum Gasteiger partial charge on any atom is -0.255 e. The van der Waals surface area contributed by atoms with Crippen LogP contribution in [0.15, 0.2) is 65.7 Å². The van der Waals surface area contributed by atoms with Crippen LogP contribution in [0.1, 0.15) is 16.7 Å². The standard InChI is InChI=1S/C19H13N/c1-2-7-17-13-20-19-16(11-9-14(17)5-1)12-10-15-6-3-4-8-18(15)19/h1-13H/b11-9-,14-9?,16-11?,17-13?,20-13?,20-19?. The summed E-state index contributed by atoms with van der Waals surface area (Å²) in [5, 5.41) is 2.43. The van der Waals surface area contributed by atoms with Crippen molar-refractivity contribution in [2.45, 2.75) is 0 Å². The van der Waals surface area contributed by atoms with E-state index in [1.807, 2.05) is 12.3 Å². The van der Waals surface area contributed by atoms with Gasteiger partial charge in [-0.2, -0.15) is 0 Å². The monoisotopic (exact) mass is 255 g/mol. The highest BCUT2D eigenvalue weighted by atomic mass is 14.7. The lowest BCUT2D eigenvalue weighted by molar-refractivity contribution is 1.52. The fourth-order valence-corrected chi connectivity index (χ4v) is 2.64. The van der Waals surface area contributed by atoms with E-state index in [-0.39, 0.29) is 0 Å². The second-order valence-corrected chi connectivity index (χ2v) is 4.94. The Morgan fingerprint density at radius 1 is 0.600 bits per heavy atom. The van der Waals surface area contributed by atoms with Crippen molar-refractivity contribution in [3.8, 4) is 0 Å². The molecule has 0 aliphatic carbocycles. The number of aliphatic imine (C=N–C) groups is 1. The molecule has 0 radical (unpaired) electrons. The molecule has 0 unspecified atom stereocenters. The molecule has 1 nitrogen and oxygen atoms in total. The van der Waals surface area contributed by atoms with Crippen LogP contribution in [0.5, 0.6) is 0 Å². The second-order valence-electron chi connectivity index (χ2n) is 4.94. The van der Waals surface area contributed by atoms with Crippen molar-refractivity contribution in [3.05, 3.63) is 77.4 Å². The Kier molecular flexibility index (Phi) is 2.49. The van der Waals surface area contributed by atoms with Gasteiger partial charge in [0.25, 0.3) is 0 Å². The normalized spacial score (nSPS) is 14.2. The molecule has 0 saturated carbocycles. The number of fused-ring (bicyclic) bond motifs is 4. The van der Waals surface area contributed by atoms with Crippen molar-refractivity contribution in [2.75, 3.05) is 0 Å². The number of nitrogens with zero attached hydrogens (tertiary/aromatic N) is 1. The number of rotatable bonds is 0. The third kappa shape index (κ3) is 1.76. The van der Waals surface area contributed by atoms with Crippen molar-refractivity contribution in [1.82, 2.24) is 0 Å². The highest BCUT2D eigenvalue weighted by Gasteiger charge is 2.07. The molecule has 0 bridgehead atoms. The van der Waals surface area contributed by atoms with Crippen molar-refractivity contribution in [2.24, 2.45) is 4.99 Å². The summed E-state index contributed by atoms with van der Waals surface area (Å²) in [6, 6.07) is 21.0. The molecule has 1 aliphatic rings. The van der Waals surface area contributed by atoms with Gasteiger partial charge in [-0.25, -0.2) is 0 Å². The van der Waals surface area contributed by atoms with E-state index >= 15 is 0 Å². The molecule has 1 heteroatoms. The molecule has 3 aromatic rings. The topological polar surface area (TPSA) is 12.4 Å². The highest BCUT2D eigenvalue weighted by Crippen LogP contribution is 2.32. The van der Waals surface area contributed by atoms with Crippen LogP contribution in [-0.2, 0) is 0 Å². The van der Waals surface area contributed by atoms with Crippen LogP contribution in [0.25, 0.3) is 22.9 Å². The van der Waals surface area contributed by atoms with E-state index in [4.69, 9.17) is 4.99 Å². The average molecular weight is 255 g/mol. The summed E-state index contributed by atoms with van der Waals surface area (Å²) in [5.41, 5.74) is 4.57. The van der Waals surface area contributed by atoms with E-state index < -0.39 is 0 Å². The van der Waals surface area contributed by atoms with Gasteiger partial charge in [0.15, 0.2) is 0 Å². The van der Waals surface area contributed by atoms with E-state index in [9.17, 15) is 0 Å². The van der Waals surface area contributed by atoms with Crippen molar-refractivity contribution >= 4 is 34.8 Å². The molecule has 0 atom stereocenters. The Balaban J connectivity index is 2.00. The van der Waals surface area contributed by atoms with Gasteiger partial charge >= 0.3 is 0 Å². The van der Waals surface area contributed by atoms with Gasteiger partial charge in [-0.3, -0.25) is 4.99 Å². The summed E-state index contributed by atoms with van der Waals surface area (Å²) in [4.78, 5) is 4.74. The third-order valence-electron chi connectivity index (χ3n) is 3.70. The molecule has 0 saturated heterocycles. The summed E-state index contributed by atoms with van der Waals surface area (Å²) in [7, 11) is 0. The molecule has 94 valence electrons. The average Bonchev–Trinajstić information content (AvgIpc) is 2.49. The SMILES string of the molecule is C1=Nc2c(ccc3ccccc23)/C=C\c2ccccc21. The first-order valence-corrected chi connectivity index (χ1v) is 6.75. The molecule has 0 aromatic heterocycles. The van der Waals surface area contributed by atoms with Gasteiger partial charge in [-0.1, -0.05) is 72.8 Å². The van der Waals surface area contributed by atoms with Gasteiger partial charge in [0.1, 0.15) is 0 Å². The molecule has 0 amide bonds. The van der Waals surface area contributed by atoms with Crippen molar-refractivity contribution in [1.29, 1.82) is 0 Å². The Morgan fingerprint density at radius 2 is 1.35 bits per heavy atom. The van der Waals surface area contributed by atoms with Gasteiger partial charge in [0.2, 0.25) is 0 Å². The van der Waals surface area contributed by atoms with E-state index in [1.54, 1.807) is 0 Å². The molecule has 4 rings (SSSR count). The molecule has 1 aliphatic heterocycles. The molecular weight excluding hydrogens is 242 g/mol. The fraction of sp³-hybridized carbons (Fsp3) is 0. The first-order valence-electron chi connectivity index (χ1n) is 6.75. The maximum Gasteiger partial charge on any atom is 0.0780 e. The minimum atomic E-state index is 1.05. The van der Waals surface area contributed by atoms with E-state index in [2.05, 4.69) is 66.7 Å². The first kappa shape index (κ1) is 11.2. The summed E-state index contributed by atoms with van der Waals surface area (Å²) in [6.07, 6.45) is 6.27. The van der Waals surface area contributed by atoms with Gasteiger partial charge < -0.3 is 0 Å². The summed E-state index contributed by atoms with van der Waals surface area (Å²) in [5.74, 6) is 0. The summed E-state index contributed by atoms with van der Waals surface area (Å²) < 4.78 is 0. The maximum absolute atomic E-state index is 4.74. The lowest BCUT2D eigenvalue weighted by atomic mass is 10.0. The van der Waals surface area contributed by atoms with E-state index in [1.165, 1.54) is 16.3 Å². The Bertz CT molecular complexity index is 857. The Morgan fingerprint density at radius 3 is 2.30 bits per heavy atom. The molecular formula is C19H13N. The number of hydrogen-bond acceptors (Lipinski definition) is 1. The third-order valence-corrected chi connectivity index (χ3v) is 3.70. The Hall–Kier alpha value is -2.67. The molecule has 1 heterocycles. The zero-order chi connectivity index (χ0) is 13.4. The predicted octanol–water partition coefficient (Wildman–Crippen LogP) is 5.07. The zero-order valence-corrected chi connectivity index (χ0v) is 11.0. The van der Waals surface area contributed by atoms with Crippen molar-refractivity contribution in [3.63, 3.8) is 0 Å². The predicted molar refractivity (Wildman–Crippen MR) is 86.6 cm³/mol. The van der Waals surface area contributed by atoms with Crippen LogP contribution >= 0.6 is 0 Å². The second kappa shape index (κ2) is 4.46. The molecule has 0 fully saturated rings. The molecule has 3 aromatic carbocycles. The molecule has 0 N–H and O–H groups in total. The molecule has 20 heavy (non-hydrogen) atoms. The zero-order valence-electron chi connectivity index (χ0n) is 11.0. The van der Waals surface area contributed by atoms with Crippen LogP contribution in [0.2, 0.25) is 0 Å². The lowest BCUT2D eigenvalue weighted by Crippen LogP contribution is -1.89. The largest absolute Gasteiger partial charge is 0.255 e. The van der Waals surface area contributed by atoms with E-state index in [0.717, 1.165) is 16.8 Å². The summed E-state index contributed by atoms with van der Waals surface area (Å²) in [6.45, 7) is 0. The van der Waals surface area contributed by atoms with Gasteiger partial charge in [-0.05, 0) is 16.5 Å². The smallest absolute Gasteiger partial charge is 0.0780 e. The van der Waals surface area contributed by atoms with E-state index in [0.29, 0.717) is 0 Å². The van der Waals surface area contributed by atoms with Crippen LogP contribution in [0, 0.1) is 0 Å². The van der Waals surface area contributed by atoms with Gasteiger partial charge in [-0.15, -0.1) is 0 Å². The number of hydrogen-bond donors (Lipinski definition) is 0. The lowest BCUT2D eigenvalue weighted by Gasteiger charge is -2.09. The maximum atomic E-state index is 4.74. The first-order chi connectivity index (χ1) is 9.92. The van der Waals surface area contributed by atoms with Gasteiger partial charge in [0.05, 0.1) is 5.69 Å². The molecule has 0 spiro atoms. The minimum absolute atomic E-state index is 1.05. The summed E-state index contributed by atoms with van der Waals surface area (Å²) >= 11 is 0. The van der Waals surface area contributed by atoms with Crippen LogP contribution in [0.4, 0.5) is 5.69 Å². The van der Waals surface area contributed by atoms with Crippen LogP contribution in [0.3, 0.4) is 0 Å².